The van der Waals surface area contributed by atoms with Crippen LogP contribution in [0, 0.1) is 0 Å². The highest BCUT2D eigenvalue weighted by Crippen LogP contribution is 2.18. The maximum atomic E-state index is 12.7. The molecule has 0 aliphatic carbocycles. The first-order chi connectivity index (χ1) is 11.4. The smallest absolute Gasteiger partial charge is 0.254 e. The third-order valence-electron chi connectivity index (χ3n) is 4.01. The fraction of sp³-hybridized carbons (Fsp3) is 0.375. The molecule has 8 heteroatoms. The Balaban J connectivity index is 1.81. The van der Waals surface area contributed by atoms with E-state index in [1.807, 2.05) is 22.8 Å². The molecule has 0 radical (unpaired) electrons. The molecular weight excluding hydrogens is 328 g/mol. The monoisotopic (exact) mass is 348 g/mol. The number of fused-ring (bicyclic) bond motifs is 1. The van der Waals surface area contributed by atoms with E-state index in [0.717, 1.165) is 24.9 Å². The minimum Gasteiger partial charge on any atom is -0.333 e. The molecule has 1 amide bonds. The van der Waals surface area contributed by atoms with Gasteiger partial charge in [-0.3, -0.25) is 4.79 Å². The van der Waals surface area contributed by atoms with Crippen LogP contribution in [-0.2, 0) is 29.7 Å². The third-order valence-corrected chi connectivity index (χ3v) is 4.68. The van der Waals surface area contributed by atoms with Gasteiger partial charge in [0.1, 0.15) is 0 Å². The molecule has 0 spiro atoms. The lowest BCUT2D eigenvalue weighted by Crippen LogP contribution is -2.31. The number of carbonyl (C=O) groups excluding carboxylic acids is 1. The van der Waals surface area contributed by atoms with Gasteiger partial charge in [-0.2, -0.15) is 0 Å². The van der Waals surface area contributed by atoms with Crippen molar-refractivity contribution in [3.63, 3.8) is 0 Å². The Bertz CT molecular complexity index is 830. The molecule has 3 rings (SSSR count). The maximum Gasteiger partial charge on any atom is 0.254 e. The number of sulfonamides is 1. The SMILES string of the molecule is CS(=O)(=O)NCc1ncn2c1CN(C(=O)c1ccccc1)CCC2. The fourth-order valence-electron chi connectivity index (χ4n) is 2.80. The number of aryl methyl sites for hydroxylation is 1. The van der Waals surface area contributed by atoms with Crippen LogP contribution in [0.25, 0.3) is 0 Å². The number of benzene rings is 1. The summed E-state index contributed by atoms with van der Waals surface area (Å²) in [6.07, 6.45) is 3.67. The zero-order chi connectivity index (χ0) is 17.2. The molecule has 7 nitrogen and oxygen atoms in total. The summed E-state index contributed by atoms with van der Waals surface area (Å²) in [5, 5.41) is 0. The third kappa shape index (κ3) is 3.82. The average Bonchev–Trinajstić information content (AvgIpc) is 2.81. The summed E-state index contributed by atoms with van der Waals surface area (Å²) in [6, 6.07) is 9.17. The molecule has 1 N–H and O–H groups in total. The van der Waals surface area contributed by atoms with Crippen LogP contribution in [0.4, 0.5) is 0 Å². The van der Waals surface area contributed by atoms with Crippen molar-refractivity contribution in [3.8, 4) is 0 Å². The topological polar surface area (TPSA) is 84.3 Å². The zero-order valence-corrected chi connectivity index (χ0v) is 14.3. The lowest BCUT2D eigenvalue weighted by atomic mass is 10.2. The summed E-state index contributed by atoms with van der Waals surface area (Å²) >= 11 is 0. The molecule has 128 valence electrons. The van der Waals surface area contributed by atoms with Gasteiger partial charge in [0.05, 0.1) is 37.1 Å². The van der Waals surface area contributed by atoms with Gasteiger partial charge in [0.2, 0.25) is 10.0 Å². The Morgan fingerprint density at radius 1 is 1.25 bits per heavy atom. The number of aromatic nitrogens is 2. The first-order valence-electron chi connectivity index (χ1n) is 7.76. The molecule has 0 bridgehead atoms. The molecule has 0 unspecified atom stereocenters. The second-order valence-corrected chi connectivity index (χ2v) is 7.70. The standard InChI is InChI=1S/C16H20N4O3S/c1-24(22,23)18-10-14-15-11-19(8-5-9-20(15)12-17-14)16(21)13-6-3-2-4-7-13/h2-4,6-7,12,18H,5,8-11H2,1H3. The summed E-state index contributed by atoms with van der Waals surface area (Å²) < 4.78 is 27.1. The second-order valence-electron chi connectivity index (χ2n) is 5.87. The molecule has 0 saturated carbocycles. The van der Waals surface area contributed by atoms with E-state index in [1.54, 1.807) is 23.4 Å². The van der Waals surface area contributed by atoms with Crippen molar-refractivity contribution in [3.05, 3.63) is 53.6 Å². The Hall–Kier alpha value is -2.19. The van der Waals surface area contributed by atoms with E-state index in [9.17, 15) is 13.2 Å². The first kappa shape index (κ1) is 16.7. The molecule has 2 heterocycles. The van der Waals surface area contributed by atoms with E-state index < -0.39 is 10.0 Å². The predicted octanol–water partition coefficient (Wildman–Crippen LogP) is 0.978. The van der Waals surface area contributed by atoms with Crippen molar-refractivity contribution in [1.82, 2.24) is 19.2 Å². The molecule has 24 heavy (non-hydrogen) atoms. The van der Waals surface area contributed by atoms with E-state index in [1.165, 1.54) is 0 Å². The summed E-state index contributed by atoms with van der Waals surface area (Å²) in [7, 11) is -3.29. The van der Waals surface area contributed by atoms with Crippen LogP contribution in [-0.4, -0.2) is 41.6 Å². The van der Waals surface area contributed by atoms with Gasteiger partial charge in [-0.25, -0.2) is 18.1 Å². The highest BCUT2D eigenvalue weighted by molar-refractivity contribution is 7.88. The number of rotatable bonds is 4. The van der Waals surface area contributed by atoms with E-state index in [0.29, 0.717) is 24.3 Å². The lowest BCUT2D eigenvalue weighted by molar-refractivity contribution is 0.0745. The molecule has 2 aromatic rings. The predicted molar refractivity (Wildman–Crippen MR) is 89.7 cm³/mol. The van der Waals surface area contributed by atoms with Gasteiger partial charge in [0.15, 0.2) is 0 Å². The molecule has 0 saturated heterocycles. The average molecular weight is 348 g/mol. The Labute approximate surface area is 141 Å². The number of imidazole rings is 1. The highest BCUT2D eigenvalue weighted by Gasteiger charge is 2.23. The van der Waals surface area contributed by atoms with Crippen LogP contribution in [0.5, 0.6) is 0 Å². The van der Waals surface area contributed by atoms with Crippen molar-refractivity contribution >= 4 is 15.9 Å². The maximum absolute atomic E-state index is 12.7. The second kappa shape index (κ2) is 6.74. The summed E-state index contributed by atoms with van der Waals surface area (Å²) in [4.78, 5) is 18.8. The van der Waals surface area contributed by atoms with Gasteiger partial charge in [-0.05, 0) is 18.6 Å². The van der Waals surface area contributed by atoms with Gasteiger partial charge in [-0.15, -0.1) is 0 Å². The van der Waals surface area contributed by atoms with E-state index >= 15 is 0 Å². The van der Waals surface area contributed by atoms with Crippen molar-refractivity contribution in [2.24, 2.45) is 0 Å². The van der Waals surface area contributed by atoms with Gasteiger partial charge in [-0.1, -0.05) is 18.2 Å². The van der Waals surface area contributed by atoms with E-state index in [4.69, 9.17) is 0 Å². The molecular formula is C16H20N4O3S. The Morgan fingerprint density at radius 2 is 2.00 bits per heavy atom. The lowest BCUT2D eigenvalue weighted by Gasteiger charge is -2.20. The normalized spacial score (nSPS) is 15.0. The quantitative estimate of drug-likeness (QED) is 0.893. The van der Waals surface area contributed by atoms with Crippen LogP contribution in [0.2, 0.25) is 0 Å². The van der Waals surface area contributed by atoms with Crippen molar-refractivity contribution in [1.29, 1.82) is 0 Å². The molecule has 1 aliphatic heterocycles. The van der Waals surface area contributed by atoms with Crippen LogP contribution in [0.3, 0.4) is 0 Å². The molecule has 1 aliphatic rings. The summed E-state index contributed by atoms with van der Waals surface area (Å²) in [5.74, 6) is -0.0210. The van der Waals surface area contributed by atoms with Gasteiger partial charge in [0.25, 0.3) is 5.91 Å². The Morgan fingerprint density at radius 3 is 2.71 bits per heavy atom. The Kier molecular flexibility index (Phi) is 4.68. The largest absolute Gasteiger partial charge is 0.333 e. The molecule has 0 fully saturated rings. The van der Waals surface area contributed by atoms with Crippen LogP contribution in [0.1, 0.15) is 28.2 Å². The summed E-state index contributed by atoms with van der Waals surface area (Å²) in [5.41, 5.74) is 2.20. The minimum absolute atomic E-state index is 0.0210. The molecule has 0 atom stereocenters. The zero-order valence-electron chi connectivity index (χ0n) is 13.5. The number of carbonyl (C=O) groups is 1. The van der Waals surface area contributed by atoms with Gasteiger partial charge >= 0.3 is 0 Å². The van der Waals surface area contributed by atoms with Crippen molar-refractivity contribution in [2.45, 2.75) is 26.1 Å². The van der Waals surface area contributed by atoms with Crippen LogP contribution < -0.4 is 4.72 Å². The van der Waals surface area contributed by atoms with Crippen LogP contribution >= 0.6 is 0 Å². The number of nitrogens with one attached hydrogen (secondary N) is 1. The summed E-state index contributed by atoms with van der Waals surface area (Å²) in [6.45, 7) is 1.98. The molecule has 1 aromatic heterocycles. The van der Waals surface area contributed by atoms with Crippen molar-refractivity contribution < 1.29 is 13.2 Å². The van der Waals surface area contributed by atoms with Gasteiger partial charge < -0.3 is 9.47 Å². The first-order valence-corrected chi connectivity index (χ1v) is 9.65. The van der Waals surface area contributed by atoms with Gasteiger partial charge in [0, 0.05) is 18.7 Å². The number of hydrogen-bond donors (Lipinski definition) is 1. The number of amides is 1. The van der Waals surface area contributed by atoms with Crippen molar-refractivity contribution in [2.75, 3.05) is 12.8 Å². The van der Waals surface area contributed by atoms with E-state index in [2.05, 4.69) is 9.71 Å². The number of hydrogen-bond acceptors (Lipinski definition) is 4. The highest BCUT2D eigenvalue weighted by atomic mass is 32.2. The molecule has 1 aromatic carbocycles. The van der Waals surface area contributed by atoms with E-state index in [-0.39, 0.29) is 12.5 Å². The minimum atomic E-state index is -3.29. The van der Waals surface area contributed by atoms with Crippen LogP contribution in [0.15, 0.2) is 36.7 Å². The number of nitrogens with zero attached hydrogens (tertiary/aromatic N) is 3. The fourth-order valence-corrected chi connectivity index (χ4v) is 3.20.